The maximum absolute atomic E-state index is 13.6. The van der Waals surface area contributed by atoms with E-state index < -0.39 is 11.7 Å². The van der Waals surface area contributed by atoms with Gasteiger partial charge in [-0.3, -0.25) is 10.6 Å². The number of methoxy groups -OCH3 is 1. The molecular formula is C15H16FN3O2. The van der Waals surface area contributed by atoms with E-state index in [9.17, 15) is 9.18 Å². The summed E-state index contributed by atoms with van der Waals surface area (Å²) in [5.74, 6) is 4.23. The van der Waals surface area contributed by atoms with E-state index >= 15 is 0 Å². The molecule has 0 aliphatic carbocycles. The van der Waals surface area contributed by atoms with E-state index in [1.807, 2.05) is 6.07 Å². The van der Waals surface area contributed by atoms with Crippen molar-refractivity contribution in [2.24, 2.45) is 5.84 Å². The molecule has 0 aliphatic heterocycles. The van der Waals surface area contributed by atoms with Crippen LogP contribution in [0, 0.1) is 5.82 Å². The number of carbonyl (C=O) groups is 1. The second-order valence-corrected chi connectivity index (χ2v) is 4.39. The van der Waals surface area contributed by atoms with E-state index in [4.69, 9.17) is 10.6 Å². The Kier molecular flexibility index (Phi) is 4.86. The van der Waals surface area contributed by atoms with Gasteiger partial charge in [0, 0.05) is 12.8 Å². The lowest BCUT2D eigenvalue weighted by Crippen LogP contribution is -2.18. The molecule has 2 aromatic carbocycles. The van der Waals surface area contributed by atoms with Crippen molar-refractivity contribution in [3.05, 3.63) is 59.4 Å². The molecular weight excluding hydrogens is 273 g/mol. The summed E-state index contributed by atoms with van der Waals surface area (Å²) >= 11 is 0. The van der Waals surface area contributed by atoms with Gasteiger partial charge in [-0.2, -0.15) is 0 Å². The van der Waals surface area contributed by atoms with Crippen LogP contribution in [-0.4, -0.2) is 13.0 Å². The predicted octanol–water partition coefficient (Wildman–Crippen LogP) is 2.51. The van der Waals surface area contributed by atoms with Crippen LogP contribution < -0.4 is 16.6 Å². The monoisotopic (exact) mass is 289 g/mol. The molecule has 0 aromatic heterocycles. The minimum Gasteiger partial charge on any atom is -0.380 e. The van der Waals surface area contributed by atoms with Gasteiger partial charge in [0.15, 0.2) is 0 Å². The predicted molar refractivity (Wildman–Crippen MR) is 79.3 cm³/mol. The van der Waals surface area contributed by atoms with Crippen molar-refractivity contribution in [3.8, 4) is 0 Å². The number of hydrazine groups is 1. The maximum Gasteiger partial charge on any atom is 0.257 e. The van der Waals surface area contributed by atoms with E-state index in [0.717, 1.165) is 5.56 Å². The van der Waals surface area contributed by atoms with Gasteiger partial charge in [-0.05, 0) is 29.8 Å². The van der Waals surface area contributed by atoms with Crippen LogP contribution in [-0.2, 0) is 11.3 Å². The van der Waals surface area contributed by atoms with Gasteiger partial charge in [0.2, 0.25) is 0 Å². The Morgan fingerprint density at radius 2 is 2.05 bits per heavy atom. The van der Waals surface area contributed by atoms with Crippen molar-refractivity contribution in [1.29, 1.82) is 0 Å². The van der Waals surface area contributed by atoms with E-state index in [-0.39, 0.29) is 11.3 Å². The molecule has 0 radical (unpaired) electrons. The molecule has 110 valence electrons. The van der Waals surface area contributed by atoms with E-state index in [2.05, 4.69) is 10.7 Å². The maximum atomic E-state index is 13.6. The average Bonchev–Trinajstić information content (AvgIpc) is 2.47. The molecule has 6 heteroatoms. The summed E-state index contributed by atoms with van der Waals surface area (Å²) in [7, 11) is 1.59. The second-order valence-electron chi connectivity index (χ2n) is 4.39. The van der Waals surface area contributed by atoms with Gasteiger partial charge in [-0.1, -0.05) is 18.2 Å². The zero-order valence-electron chi connectivity index (χ0n) is 11.5. The molecule has 0 spiro atoms. The van der Waals surface area contributed by atoms with Crippen molar-refractivity contribution in [2.75, 3.05) is 17.9 Å². The molecule has 0 atom stereocenters. The van der Waals surface area contributed by atoms with Crippen molar-refractivity contribution >= 4 is 17.3 Å². The fourth-order valence-electron chi connectivity index (χ4n) is 1.96. The Morgan fingerprint density at radius 1 is 1.29 bits per heavy atom. The van der Waals surface area contributed by atoms with Gasteiger partial charge in [-0.15, -0.1) is 0 Å². The van der Waals surface area contributed by atoms with E-state index in [1.165, 1.54) is 18.2 Å². The number of ether oxygens (including phenoxy) is 1. The number of nitrogens with one attached hydrogen (secondary N) is 2. The summed E-state index contributed by atoms with van der Waals surface area (Å²) in [6.45, 7) is 0.444. The van der Waals surface area contributed by atoms with Crippen LogP contribution in [0.5, 0.6) is 0 Å². The van der Waals surface area contributed by atoms with Crippen LogP contribution in [0.2, 0.25) is 0 Å². The normalized spacial score (nSPS) is 10.2. The molecule has 4 N–H and O–H groups in total. The number of nitrogens with two attached hydrogens (primary N) is 1. The number of nitrogen functional groups attached to an aromatic ring is 1. The highest BCUT2D eigenvalue weighted by Crippen LogP contribution is 2.20. The summed E-state index contributed by atoms with van der Waals surface area (Å²) in [6, 6.07) is 11.4. The number of halogens is 1. The van der Waals surface area contributed by atoms with Gasteiger partial charge in [0.1, 0.15) is 5.82 Å². The second kappa shape index (κ2) is 6.83. The minimum absolute atomic E-state index is 0.0388. The Hall–Kier alpha value is -2.44. The fraction of sp³-hybridized carbons (Fsp3) is 0.133. The van der Waals surface area contributed by atoms with Crippen LogP contribution in [0.3, 0.4) is 0 Å². The largest absolute Gasteiger partial charge is 0.380 e. The Morgan fingerprint density at radius 3 is 2.76 bits per heavy atom. The number of amides is 1. The Bertz CT molecular complexity index is 647. The highest BCUT2D eigenvalue weighted by atomic mass is 19.1. The molecule has 0 bridgehead atoms. The number of carbonyl (C=O) groups excluding carboxylic acids is 1. The summed E-state index contributed by atoms with van der Waals surface area (Å²) in [6.07, 6.45) is 0. The van der Waals surface area contributed by atoms with Gasteiger partial charge in [0.05, 0.1) is 17.9 Å². The zero-order chi connectivity index (χ0) is 15.2. The first-order chi connectivity index (χ1) is 10.2. The lowest BCUT2D eigenvalue weighted by atomic mass is 10.1. The van der Waals surface area contributed by atoms with Crippen LogP contribution >= 0.6 is 0 Å². The third-order valence-electron chi connectivity index (χ3n) is 2.90. The third-order valence-corrected chi connectivity index (χ3v) is 2.90. The molecule has 0 saturated carbocycles. The molecule has 21 heavy (non-hydrogen) atoms. The molecule has 0 unspecified atom stereocenters. The number of benzene rings is 2. The van der Waals surface area contributed by atoms with Crippen molar-refractivity contribution in [1.82, 2.24) is 0 Å². The first-order valence-electron chi connectivity index (χ1n) is 6.30. The number of hydrogen-bond donors (Lipinski definition) is 3. The molecule has 2 rings (SSSR count). The zero-order valence-corrected chi connectivity index (χ0v) is 11.5. The molecule has 0 aliphatic rings. The fourth-order valence-corrected chi connectivity index (χ4v) is 1.96. The standard InChI is InChI=1S/C15H16FN3O2/c1-21-9-10-4-2-5-11(8-10)18-15(20)12-6-3-7-13(16)14(12)19-17/h2-8,19H,9,17H2,1H3,(H,18,20). The highest BCUT2D eigenvalue weighted by molar-refractivity contribution is 6.08. The highest BCUT2D eigenvalue weighted by Gasteiger charge is 2.14. The van der Waals surface area contributed by atoms with Crippen LogP contribution in [0.25, 0.3) is 0 Å². The first kappa shape index (κ1) is 15.0. The van der Waals surface area contributed by atoms with Gasteiger partial charge in [-0.25, -0.2) is 4.39 Å². The van der Waals surface area contributed by atoms with Crippen LogP contribution in [0.1, 0.15) is 15.9 Å². The quantitative estimate of drug-likeness (QED) is 0.584. The van der Waals surface area contributed by atoms with Crippen LogP contribution in [0.15, 0.2) is 42.5 Å². The molecule has 0 fully saturated rings. The molecule has 2 aromatic rings. The van der Waals surface area contributed by atoms with Crippen molar-refractivity contribution in [3.63, 3.8) is 0 Å². The number of hydrogen-bond acceptors (Lipinski definition) is 4. The molecule has 0 heterocycles. The smallest absolute Gasteiger partial charge is 0.257 e. The van der Waals surface area contributed by atoms with Crippen molar-refractivity contribution in [2.45, 2.75) is 6.61 Å². The Labute approximate surface area is 121 Å². The number of anilines is 2. The summed E-state index contributed by atoms with van der Waals surface area (Å²) < 4.78 is 18.6. The Balaban J connectivity index is 2.22. The molecule has 0 saturated heterocycles. The topological polar surface area (TPSA) is 76.4 Å². The number of rotatable bonds is 5. The lowest BCUT2D eigenvalue weighted by Gasteiger charge is -2.11. The average molecular weight is 289 g/mol. The molecule has 1 amide bonds. The van der Waals surface area contributed by atoms with E-state index in [0.29, 0.717) is 12.3 Å². The SMILES string of the molecule is COCc1cccc(NC(=O)c2cccc(F)c2NN)c1. The summed E-state index contributed by atoms with van der Waals surface area (Å²) in [5, 5.41) is 2.70. The first-order valence-corrected chi connectivity index (χ1v) is 6.30. The number of para-hydroxylation sites is 1. The minimum atomic E-state index is -0.585. The lowest BCUT2D eigenvalue weighted by molar-refractivity contribution is 0.102. The molecule has 5 nitrogen and oxygen atoms in total. The van der Waals surface area contributed by atoms with Crippen molar-refractivity contribution < 1.29 is 13.9 Å². The van der Waals surface area contributed by atoms with Crippen LogP contribution in [0.4, 0.5) is 15.8 Å². The van der Waals surface area contributed by atoms with Gasteiger partial charge < -0.3 is 15.5 Å². The summed E-state index contributed by atoms with van der Waals surface area (Å²) in [4.78, 5) is 12.2. The summed E-state index contributed by atoms with van der Waals surface area (Å²) in [5.41, 5.74) is 3.82. The third kappa shape index (κ3) is 3.56. The van der Waals surface area contributed by atoms with E-state index in [1.54, 1.807) is 25.3 Å². The van der Waals surface area contributed by atoms with Gasteiger partial charge in [0.25, 0.3) is 5.91 Å². The van der Waals surface area contributed by atoms with Gasteiger partial charge >= 0.3 is 0 Å².